The Bertz CT molecular complexity index is 1440. The number of aromatic amines is 1. The lowest BCUT2D eigenvalue weighted by molar-refractivity contribution is 0.103. The molecule has 1 aromatic carbocycles. The van der Waals surface area contributed by atoms with Gasteiger partial charge >= 0.3 is 0 Å². The lowest BCUT2D eigenvalue weighted by Crippen LogP contribution is -2.17. The maximum absolute atomic E-state index is 13.3. The number of carbonyl (C=O) groups excluding carboxylic acids is 1. The van der Waals surface area contributed by atoms with Gasteiger partial charge in [0.15, 0.2) is 0 Å². The number of sulfonamides is 1. The van der Waals surface area contributed by atoms with Crippen LogP contribution in [0.15, 0.2) is 59.9 Å². The largest absolute Gasteiger partial charge is 0.346 e. The molecule has 0 saturated heterocycles. The second kappa shape index (κ2) is 8.37. The zero-order valence-corrected chi connectivity index (χ0v) is 19.3. The monoisotopic (exact) mass is 468 g/mol. The first kappa shape index (κ1) is 22.0. The fraction of sp³-hybridized carbons (Fsp3) is 0.174. The number of ketones is 1. The van der Waals surface area contributed by atoms with Crippen LogP contribution in [0.2, 0.25) is 5.02 Å². The zero-order valence-electron chi connectivity index (χ0n) is 17.7. The molecule has 3 heterocycles. The van der Waals surface area contributed by atoms with E-state index in [-0.39, 0.29) is 22.2 Å². The number of anilines is 1. The molecule has 164 valence electrons. The van der Waals surface area contributed by atoms with Gasteiger partial charge in [-0.1, -0.05) is 25.4 Å². The summed E-state index contributed by atoms with van der Waals surface area (Å²) in [5, 5.41) is 1.13. The molecular weight excluding hydrogens is 448 g/mol. The molecule has 0 aliphatic heterocycles. The van der Waals surface area contributed by atoms with Gasteiger partial charge in [0.1, 0.15) is 11.3 Å². The minimum atomic E-state index is -3.99. The highest BCUT2D eigenvalue weighted by Gasteiger charge is 2.23. The number of pyridine rings is 2. The quantitative estimate of drug-likeness (QED) is 0.384. The van der Waals surface area contributed by atoms with Crippen molar-refractivity contribution >= 4 is 44.1 Å². The number of aromatic nitrogens is 3. The summed E-state index contributed by atoms with van der Waals surface area (Å²) in [5.74, 6) is -0.362. The van der Waals surface area contributed by atoms with Crippen molar-refractivity contribution in [1.29, 1.82) is 0 Å². The summed E-state index contributed by atoms with van der Waals surface area (Å²) < 4.78 is 28.9. The number of fused-ring (bicyclic) bond motifs is 1. The third kappa shape index (κ3) is 4.11. The van der Waals surface area contributed by atoms with Gasteiger partial charge in [-0.15, -0.1) is 0 Å². The summed E-state index contributed by atoms with van der Waals surface area (Å²) in [6, 6.07) is 9.47. The van der Waals surface area contributed by atoms with E-state index >= 15 is 0 Å². The molecule has 0 unspecified atom stereocenters. The van der Waals surface area contributed by atoms with Crippen LogP contribution >= 0.6 is 11.6 Å². The Kier molecular flexibility index (Phi) is 5.75. The van der Waals surface area contributed by atoms with Crippen LogP contribution in [0.25, 0.3) is 11.0 Å². The number of nitrogens with zero attached hydrogens (tertiary/aromatic N) is 2. The Hall–Kier alpha value is -3.23. The van der Waals surface area contributed by atoms with Crippen molar-refractivity contribution < 1.29 is 13.2 Å². The van der Waals surface area contributed by atoms with Crippen molar-refractivity contribution in [2.45, 2.75) is 31.6 Å². The van der Waals surface area contributed by atoms with E-state index in [9.17, 15) is 13.2 Å². The maximum Gasteiger partial charge on any atom is 0.261 e. The minimum absolute atomic E-state index is 0.00548. The van der Waals surface area contributed by atoms with Crippen molar-refractivity contribution in [3.63, 3.8) is 0 Å². The molecule has 0 fully saturated rings. The first-order chi connectivity index (χ1) is 15.2. The number of nitrogens with one attached hydrogen (secondary N) is 2. The Labute approximate surface area is 190 Å². The Balaban J connectivity index is 1.77. The molecule has 0 radical (unpaired) electrons. The number of H-pyrrole nitrogens is 1. The van der Waals surface area contributed by atoms with Gasteiger partial charge < -0.3 is 4.98 Å². The first-order valence-electron chi connectivity index (χ1n) is 9.93. The summed E-state index contributed by atoms with van der Waals surface area (Å²) >= 11 is 6.22. The van der Waals surface area contributed by atoms with Gasteiger partial charge in [-0.3, -0.25) is 14.5 Å². The summed E-state index contributed by atoms with van der Waals surface area (Å²) in [4.78, 5) is 24.8. The molecule has 0 bridgehead atoms. The zero-order chi connectivity index (χ0) is 23.0. The third-order valence-corrected chi connectivity index (χ3v) is 6.80. The summed E-state index contributed by atoms with van der Waals surface area (Å²) in [6.45, 7) is 5.64. The van der Waals surface area contributed by atoms with Gasteiger partial charge in [0.05, 0.1) is 10.6 Å². The molecule has 32 heavy (non-hydrogen) atoms. The Morgan fingerprint density at radius 2 is 1.91 bits per heavy atom. The van der Waals surface area contributed by atoms with Gasteiger partial charge in [0, 0.05) is 34.6 Å². The smallest absolute Gasteiger partial charge is 0.261 e. The fourth-order valence-electron chi connectivity index (χ4n) is 3.45. The summed E-state index contributed by atoms with van der Waals surface area (Å²) in [5.41, 5.74) is 2.48. The SMILES string of the molecule is Cc1cnc(C(=O)c2ccnc3[nH]ccc23)c(NS(=O)(=O)c2ccc(Cl)c(C(C)C)c2)c1. The average molecular weight is 469 g/mol. The lowest BCUT2D eigenvalue weighted by atomic mass is 10.0. The number of hydrogen-bond acceptors (Lipinski definition) is 5. The van der Waals surface area contributed by atoms with Crippen LogP contribution in [-0.4, -0.2) is 29.2 Å². The van der Waals surface area contributed by atoms with Gasteiger partial charge in [-0.05, 0) is 60.4 Å². The van der Waals surface area contributed by atoms with Crippen molar-refractivity contribution in [3.8, 4) is 0 Å². The molecule has 4 rings (SSSR count). The van der Waals surface area contributed by atoms with Crippen LogP contribution in [0.3, 0.4) is 0 Å². The van der Waals surface area contributed by atoms with Crippen molar-refractivity contribution in [3.05, 3.63) is 82.4 Å². The predicted octanol–water partition coefficient (Wildman–Crippen LogP) is 5.07. The van der Waals surface area contributed by atoms with Crippen LogP contribution in [0, 0.1) is 6.92 Å². The van der Waals surface area contributed by atoms with E-state index in [1.165, 1.54) is 18.5 Å². The van der Waals surface area contributed by atoms with Gasteiger partial charge in [0.2, 0.25) is 5.78 Å². The first-order valence-corrected chi connectivity index (χ1v) is 11.8. The van der Waals surface area contributed by atoms with E-state index in [1.54, 1.807) is 43.5 Å². The van der Waals surface area contributed by atoms with Crippen LogP contribution in [0.4, 0.5) is 5.69 Å². The highest BCUT2D eigenvalue weighted by Crippen LogP contribution is 2.29. The molecule has 0 saturated carbocycles. The minimum Gasteiger partial charge on any atom is -0.346 e. The highest BCUT2D eigenvalue weighted by molar-refractivity contribution is 7.92. The molecular formula is C23H21ClN4O3S. The predicted molar refractivity (Wildman–Crippen MR) is 125 cm³/mol. The number of carbonyl (C=O) groups is 1. The Morgan fingerprint density at radius 1 is 1.12 bits per heavy atom. The Morgan fingerprint density at radius 3 is 2.66 bits per heavy atom. The molecule has 4 aromatic rings. The number of aryl methyl sites for hydroxylation is 1. The number of hydrogen-bond donors (Lipinski definition) is 2. The van der Waals surface area contributed by atoms with Crippen molar-refractivity contribution in [1.82, 2.24) is 15.0 Å². The molecule has 9 heteroatoms. The van der Waals surface area contributed by atoms with Crippen LogP contribution in [0.1, 0.15) is 46.9 Å². The van der Waals surface area contributed by atoms with E-state index in [0.29, 0.717) is 27.2 Å². The average Bonchev–Trinajstić information content (AvgIpc) is 3.22. The summed E-state index contributed by atoms with van der Waals surface area (Å²) in [6.07, 6.45) is 4.73. The molecule has 7 nitrogen and oxygen atoms in total. The van der Waals surface area contributed by atoms with Gasteiger partial charge in [-0.2, -0.15) is 0 Å². The highest BCUT2D eigenvalue weighted by atomic mass is 35.5. The van der Waals surface area contributed by atoms with E-state index in [2.05, 4.69) is 19.7 Å². The molecule has 3 aromatic heterocycles. The number of benzene rings is 1. The van der Waals surface area contributed by atoms with Crippen molar-refractivity contribution in [2.75, 3.05) is 4.72 Å². The van der Waals surface area contributed by atoms with Gasteiger partial charge in [0.25, 0.3) is 10.0 Å². The lowest BCUT2D eigenvalue weighted by Gasteiger charge is -2.15. The normalized spacial score (nSPS) is 11.8. The standard InChI is InChI=1S/C23H21ClN4O3S/c1-13(2)18-11-15(4-5-19(18)24)32(30,31)28-20-10-14(3)12-27-21(20)22(29)16-6-8-25-23-17(16)7-9-26-23/h4-13,28H,1-3H3,(H,25,26). The molecule has 0 spiro atoms. The van der Waals surface area contributed by atoms with E-state index in [0.717, 1.165) is 5.56 Å². The molecule has 2 N–H and O–H groups in total. The third-order valence-electron chi connectivity index (χ3n) is 5.09. The second-order valence-corrected chi connectivity index (χ2v) is 9.87. The fourth-order valence-corrected chi connectivity index (χ4v) is 4.88. The van der Waals surface area contributed by atoms with Crippen LogP contribution < -0.4 is 4.72 Å². The van der Waals surface area contributed by atoms with Crippen LogP contribution in [-0.2, 0) is 10.0 Å². The van der Waals surface area contributed by atoms with Crippen molar-refractivity contribution in [2.24, 2.45) is 0 Å². The van der Waals surface area contributed by atoms with E-state index in [4.69, 9.17) is 11.6 Å². The molecule has 0 atom stereocenters. The number of rotatable bonds is 6. The van der Waals surface area contributed by atoms with E-state index < -0.39 is 15.8 Å². The van der Waals surface area contributed by atoms with Gasteiger partial charge in [-0.25, -0.2) is 13.4 Å². The molecule has 0 amide bonds. The topological polar surface area (TPSA) is 105 Å². The van der Waals surface area contributed by atoms with E-state index in [1.807, 2.05) is 13.8 Å². The molecule has 0 aliphatic carbocycles. The maximum atomic E-state index is 13.3. The van der Waals surface area contributed by atoms with Crippen LogP contribution in [0.5, 0.6) is 0 Å². The number of halogens is 1. The molecule has 0 aliphatic rings. The second-order valence-electron chi connectivity index (χ2n) is 7.78. The summed E-state index contributed by atoms with van der Waals surface area (Å²) in [7, 11) is -3.99.